The molecule has 2 aromatic rings. The first kappa shape index (κ1) is 14.4. The van der Waals surface area contributed by atoms with Gasteiger partial charge in [0.2, 0.25) is 5.91 Å². The van der Waals surface area contributed by atoms with Crippen LogP contribution in [-0.2, 0) is 4.79 Å². The Morgan fingerprint density at radius 2 is 1.80 bits per heavy atom. The lowest BCUT2D eigenvalue weighted by Crippen LogP contribution is -2.07. The van der Waals surface area contributed by atoms with Gasteiger partial charge in [0, 0.05) is 11.8 Å². The van der Waals surface area contributed by atoms with E-state index < -0.39 is 5.82 Å². The van der Waals surface area contributed by atoms with Gasteiger partial charge in [-0.2, -0.15) is 0 Å². The highest BCUT2D eigenvalue weighted by molar-refractivity contribution is 9.10. The first-order valence-corrected chi connectivity index (χ1v) is 6.53. The van der Waals surface area contributed by atoms with Gasteiger partial charge >= 0.3 is 0 Å². The Hall–Kier alpha value is -2.01. The van der Waals surface area contributed by atoms with Crippen LogP contribution in [-0.4, -0.2) is 5.91 Å². The molecule has 0 bridgehead atoms. The fourth-order valence-electron chi connectivity index (χ4n) is 1.50. The molecule has 0 saturated carbocycles. The van der Waals surface area contributed by atoms with Crippen molar-refractivity contribution >= 4 is 33.6 Å². The lowest BCUT2D eigenvalue weighted by Gasteiger charge is -2.03. The number of rotatable bonds is 3. The largest absolute Gasteiger partial charge is 0.322 e. The van der Waals surface area contributed by atoms with Crippen LogP contribution >= 0.6 is 15.9 Å². The summed E-state index contributed by atoms with van der Waals surface area (Å²) in [5, 5.41) is 2.60. The predicted molar refractivity (Wildman–Crippen MR) is 78.2 cm³/mol. The second kappa shape index (κ2) is 6.43. The third-order valence-corrected chi connectivity index (χ3v) is 3.09. The van der Waals surface area contributed by atoms with Crippen LogP contribution in [0.5, 0.6) is 0 Å². The molecule has 2 rings (SSSR count). The summed E-state index contributed by atoms with van der Waals surface area (Å²) in [4.78, 5) is 11.7. The van der Waals surface area contributed by atoms with Gasteiger partial charge in [0.05, 0.1) is 4.47 Å². The van der Waals surface area contributed by atoms with Crippen LogP contribution in [0.2, 0.25) is 0 Å². The van der Waals surface area contributed by atoms with Gasteiger partial charge in [-0.05, 0) is 57.9 Å². The van der Waals surface area contributed by atoms with Crippen molar-refractivity contribution in [3.63, 3.8) is 0 Å². The number of carbonyl (C=O) groups excluding carboxylic acids is 1. The Labute approximate surface area is 123 Å². The molecule has 0 fully saturated rings. The summed E-state index contributed by atoms with van der Waals surface area (Å²) in [7, 11) is 0. The van der Waals surface area contributed by atoms with E-state index >= 15 is 0 Å². The zero-order valence-electron chi connectivity index (χ0n) is 10.2. The summed E-state index contributed by atoms with van der Waals surface area (Å²) < 4.78 is 26.0. The standard InChI is InChI=1S/C15H10BrF2NO/c16-13-9-12(6-7-14(13)18)19-15(20)8-3-10-1-4-11(17)5-2-10/h1-9H,(H,19,20)/b8-3+. The van der Waals surface area contributed by atoms with Gasteiger partial charge < -0.3 is 5.32 Å². The van der Waals surface area contributed by atoms with Crippen LogP contribution in [0.4, 0.5) is 14.5 Å². The highest BCUT2D eigenvalue weighted by Crippen LogP contribution is 2.20. The van der Waals surface area contributed by atoms with E-state index in [1.54, 1.807) is 18.2 Å². The van der Waals surface area contributed by atoms with Crippen molar-refractivity contribution in [3.8, 4) is 0 Å². The summed E-state index contributed by atoms with van der Waals surface area (Å²) in [6, 6.07) is 9.94. The molecule has 0 atom stereocenters. The molecule has 0 unspecified atom stereocenters. The Balaban J connectivity index is 2.01. The van der Waals surface area contributed by atoms with Crippen LogP contribution in [0, 0.1) is 11.6 Å². The van der Waals surface area contributed by atoms with Gasteiger partial charge in [0.15, 0.2) is 0 Å². The minimum atomic E-state index is -0.398. The number of benzene rings is 2. The molecule has 0 spiro atoms. The topological polar surface area (TPSA) is 29.1 Å². The van der Waals surface area contributed by atoms with Crippen LogP contribution < -0.4 is 5.32 Å². The first-order valence-electron chi connectivity index (χ1n) is 5.74. The van der Waals surface area contributed by atoms with E-state index in [2.05, 4.69) is 21.2 Å². The molecular weight excluding hydrogens is 328 g/mol. The van der Waals surface area contributed by atoms with Crippen LogP contribution in [0.3, 0.4) is 0 Å². The van der Waals surface area contributed by atoms with Crippen LogP contribution in [0.15, 0.2) is 53.0 Å². The second-order valence-electron chi connectivity index (χ2n) is 4.00. The molecule has 0 aliphatic heterocycles. The summed E-state index contributed by atoms with van der Waals surface area (Å²) in [6.07, 6.45) is 2.89. The van der Waals surface area contributed by atoms with E-state index in [0.29, 0.717) is 11.3 Å². The van der Waals surface area contributed by atoms with Gasteiger partial charge in [-0.25, -0.2) is 8.78 Å². The maximum Gasteiger partial charge on any atom is 0.248 e. The van der Waals surface area contributed by atoms with Gasteiger partial charge in [-0.15, -0.1) is 0 Å². The normalized spacial score (nSPS) is 10.8. The van der Waals surface area contributed by atoms with Gasteiger partial charge in [-0.1, -0.05) is 12.1 Å². The van der Waals surface area contributed by atoms with Gasteiger partial charge in [0.1, 0.15) is 11.6 Å². The summed E-state index contributed by atoms with van der Waals surface area (Å²) in [5.41, 5.74) is 1.19. The van der Waals surface area contributed by atoms with E-state index in [-0.39, 0.29) is 16.2 Å². The molecule has 2 aromatic carbocycles. The van der Waals surface area contributed by atoms with Crippen molar-refractivity contribution in [2.75, 3.05) is 5.32 Å². The molecule has 0 aliphatic rings. The first-order chi connectivity index (χ1) is 9.54. The second-order valence-corrected chi connectivity index (χ2v) is 4.86. The predicted octanol–water partition coefficient (Wildman–Crippen LogP) is 4.38. The fourth-order valence-corrected chi connectivity index (χ4v) is 1.88. The number of halogens is 3. The monoisotopic (exact) mass is 337 g/mol. The molecule has 20 heavy (non-hydrogen) atoms. The molecular formula is C15H10BrF2NO. The smallest absolute Gasteiger partial charge is 0.248 e. The number of anilines is 1. The number of hydrogen-bond acceptors (Lipinski definition) is 1. The van der Waals surface area contributed by atoms with Gasteiger partial charge in [-0.3, -0.25) is 4.79 Å². The van der Waals surface area contributed by atoms with Crippen molar-refractivity contribution in [2.45, 2.75) is 0 Å². The Morgan fingerprint density at radius 1 is 1.10 bits per heavy atom. The SMILES string of the molecule is O=C(/C=C/c1ccc(F)cc1)Nc1ccc(F)c(Br)c1. The van der Waals surface area contributed by atoms with E-state index in [0.717, 1.165) is 0 Å². The zero-order valence-corrected chi connectivity index (χ0v) is 11.8. The molecule has 0 aliphatic carbocycles. The molecule has 0 aromatic heterocycles. The average molecular weight is 338 g/mol. The maximum absolute atomic E-state index is 13.0. The van der Waals surface area contributed by atoms with Gasteiger partial charge in [0.25, 0.3) is 0 Å². The Morgan fingerprint density at radius 3 is 2.45 bits per heavy atom. The van der Waals surface area contributed by atoms with E-state index in [9.17, 15) is 13.6 Å². The summed E-state index contributed by atoms with van der Waals surface area (Å²) in [5.74, 6) is -1.08. The van der Waals surface area contributed by atoms with Crippen LogP contribution in [0.1, 0.15) is 5.56 Å². The molecule has 1 N–H and O–H groups in total. The van der Waals surface area contributed by atoms with E-state index in [4.69, 9.17) is 0 Å². The molecule has 2 nitrogen and oxygen atoms in total. The molecule has 0 radical (unpaired) electrons. The molecule has 0 saturated heterocycles. The highest BCUT2D eigenvalue weighted by Gasteiger charge is 2.02. The number of hydrogen-bond donors (Lipinski definition) is 1. The fraction of sp³-hybridized carbons (Fsp3) is 0. The number of carbonyl (C=O) groups is 1. The highest BCUT2D eigenvalue weighted by atomic mass is 79.9. The third-order valence-electron chi connectivity index (χ3n) is 2.48. The number of nitrogens with one attached hydrogen (secondary N) is 1. The zero-order chi connectivity index (χ0) is 14.5. The quantitative estimate of drug-likeness (QED) is 0.827. The van der Waals surface area contributed by atoms with E-state index in [1.807, 2.05) is 0 Å². The molecule has 5 heteroatoms. The molecule has 102 valence electrons. The minimum absolute atomic E-state index is 0.276. The lowest BCUT2D eigenvalue weighted by atomic mass is 10.2. The minimum Gasteiger partial charge on any atom is -0.322 e. The number of amides is 1. The maximum atomic E-state index is 13.0. The third kappa shape index (κ3) is 3.99. The Kier molecular flexibility index (Phi) is 4.63. The summed E-state index contributed by atoms with van der Waals surface area (Å²) >= 11 is 3.04. The summed E-state index contributed by atoms with van der Waals surface area (Å²) in [6.45, 7) is 0. The van der Waals surface area contributed by atoms with Crippen molar-refractivity contribution < 1.29 is 13.6 Å². The van der Waals surface area contributed by atoms with E-state index in [1.165, 1.54) is 36.4 Å². The molecule has 0 heterocycles. The van der Waals surface area contributed by atoms with Crippen molar-refractivity contribution in [1.82, 2.24) is 0 Å². The van der Waals surface area contributed by atoms with Crippen molar-refractivity contribution in [3.05, 3.63) is 70.2 Å². The molecule has 1 amide bonds. The van der Waals surface area contributed by atoms with Crippen LogP contribution in [0.25, 0.3) is 6.08 Å². The van der Waals surface area contributed by atoms with Crippen molar-refractivity contribution in [1.29, 1.82) is 0 Å². The Bertz CT molecular complexity index is 653. The average Bonchev–Trinajstić information content (AvgIpc) is 2.42. The lowest BCUT2D eigenvalue weighted by molar-refractivity contribution is -0.111. The van der Waals surface area contributed by atoms with Crippen molar-refractivity contribution in [2.24, 2.45) is 0 Å².